The van der Waals surface area contributed by atoms with Gasteiger partial charge in [-0.1, -0.05) is 168 Å². The van der Waals surface area contributed by atoms with Crippen molar-refractivity contribution in [1.29, 1.82) is 0 Å². The lowest BCUT2D eigenvalue weighted by Crippen LogP contribution is -2.11. The van der Waals surface area contributed by atoms with E-state index in [2.05, 4.69) is 31.9 Å². The number of nitrogens with two attached hydrogens (primary N) is 4. The molecular weight excluding hydrogens is 2130 g/mol. The summed E-state index contributed by atoms with van der Waals surface area (Å²) < 4.78 is 42.1. The largest absolute Gasteiger partial charge is 0.508 e. The van der Waals surface area contributed by atoms with Gasteiger partial charge >= 0.3 is 17.9 Å². The molecule has 0 saturated carbocycles. The van der Waals surface area contributed by atoms with E-state index in [0.29, 0.717) is 142 Å². The van der Waals surface area contributed by atoms with Crippen LogP contribution in [0.3, 0.4) is 0 Å². The molecule has 0 fully saturated rings. The Morgan fingerprint density at radius 2 is 0.583 bits per heavy atom. The predicted molar refractivity (Wildman–Crippen MR) is 552 cm³/mol. The Morgan fingerprint density at radius 3 is 0.885 bits per heavy atom. The molecule has 0 unspecified atom stereocenters. The number of hydrogen-bond donors (Lipinski definition) is 12. The zero-order chi connectivity index (χ0) is 99.7. The quantitative estimate of drug-likeness (QED) is 0.00465. The number of halogens is 4. The van der Waals surface area contributed by atoms with Gasteiger partial charge in [-0.15, -0.1) is 0 Å². The minimum Gasteiger partial charge on any atom is -0.508 e. The SMILES string of the molecule is CCCCc1oc2cc(OC(=O)Cc3ccccc3)c(O)cc2c1C(=O)c1cc(Br)c(O)c(Br)c1.CCCCc1oc2cc(OC(=O)Cc3ccccc3)c(O)cc2c1C(=O)c1cc(I)c(O)c(I)c1.CCCCc1oc2cc(OC(=O)Cc3ccccc3)c(O)cc2c1C(=O)c1cc(N)c(O)c(N)c1.CCCc1oc2cc(CC(=O)Cc3ccccc3)c(O)cc2c1C(=O)c1cc(N)c(O)c(N)c1. The Labute approximate surface area is 841 Å². The number of aryl methyl sites for hydroxylation is 4. The third-order valence-electron chi connectivity index (χ3n) is 22.4. The standard InChI is InChI=1S/C27H22Br2O6.C27H22I2O6.C27H26N2O6.C27H26N2O5/c3*1-2-3-9-21-25(26(32)16-11-18(28)27(33)19(29)12-16)17-13-20(30)23(14-22(17)34-21)35-24(31)10-15-7-5-4-6-8-15;1-2-6-23-25(26(32)17-11-20(28)27(33)21(29)12-17)19-14-22(31)16(13-24(19)34-23)10-18(30)9-15-7-4-3-5-8-15/h2*4-8,11-14,30,33H,2-3,9-10H2,1H3;4-8,11-14,30,33H,2-3,9-10,28-29H2,1H3;3-5,7-8,11-14,31,33H,2,6,9-10,28-29H2,1H3. The van der Waals surface area contributed by atoms with E-state index in [1.54, 1.807) is 30.3 Å². The Morgan fingerprint density at radius 1 is 0.309 bits per heavy atom. The maximum Gasteiger partial charge on any atom is 0.315 e. The summed E-state index contributed by atoms with van der Waals surface area (Å²) >= 11 is 10.5. The first-order valence-corrected chi connectivity index (χ1v) is 48.1. The molecule has 0 aliphatic rings. The van der Waals surface area contributed by atoms with Crippen molar-refractivity contribution < 1.29 is 111 Å². The highest BCUT2D eigenvalue weighted by Gasteiger charge is 2.32. The van der Waals surface area contributed by atoms with Crippen molar-refractivity contribution in [3.05, 3.63) is 330 Å². The van der Waals surface area contributed by atoms with Crippen LogP contribution in [-0.4, -0.2) is 87.7 Å². The Balaban J connectivity index is 0.000000156. The van der Waals surface area contributed by atoms with Crippen LogP contribution >= 0.6 is 77.0 Å². The van der Waals surface area contributed by atoms with Gasteiger partial charge in [0, 0.05) is 106 Å². The van der Waals surface area contributed by atoms with E-state index in [1.807, 2.05) is 182 Å². The molecule has 12 aromatic carbocycles. The number of phenols is 8. The fraction of sp³-hybridized carbons (Fsp3) is 0.185. The van der Waals surface area contributed by atoms with Crippen molar-refractivity contribution in [3.63, 3.8) is 0 Å². The van der Waals surface area contributed by atoms with Crippen molar-refractivity contribution >= 4 is 190 Å². The summed E-state index contributed by atoms with van der Waals surface area (Å²) in [6.45, 7) is 8.06. The van der Waals surface area contributed by atoms with Gasteiger partial charge in [-0.25, -0.2) is 0 Å². The van der Waals surface area contributed by atoms with Crippen molar-refractivity contribution in [2.24, 2.45) is 0 Å². The van der Waals surface area contributed by atoms with Gasteiger partial charge in [0.05, 0.1) is 80.4 Å². The van der Waals surface area contributed by atoms with E-state index in [9.17, 15) is 79.2 Å². The summed E-state index contributed by atoms with van der Waals surface area (Å²) in [6, 6.07) is 60.0. The van der Waals surface area contributed by atoms with Crippen molar-refractivity contribution in [2.45, 2.75) is 130 Å². The highest BCUT2D eigenvalue weighted by atomic mass is 127. The minimum atomic E-state index is -0.546. The lowest BCUT2D eigenvalue weighted by molar-refractivity contribution is -0.134. The number of fused-ring (bicyclic) bond motifs is 4. The molecule has 16 aromatic rings. The van der Waals surface area contributed by atoms with E-state index < -0.39 is 23.7 Å². The van der Waals surface area contributed by atoms with Crippen LogP contribution in [0.1, 0.15) is 187 Å². The molecule has 16 N–H and O–H groups in total. The summed E-state index contributed by atoms with van der Waals surface area (Å²) in [5.41, 5.74) is 30.6. The van der Waals surface area contributed by atoms with Crippen LogP contribution in [0.15, 0.2) is 245 Å². The molecule has 0 amide bonds. The monoisotopic (exact) mass is 2230 g/mol. The number of anilines is 4. The fourth-order valence-electron chi connectivity index (χ4n) is 15.5. The number of furan rings is 4. The van der Waals surface area contributed by atoms with Crippen LogP contribution in [0.25, 0.3) is 43.9 Å². The zero-order valence-electron chi connectivity index (χ0n) is 75.6. The molecule has 0 spiro atoms. The highest BCUT2D eigenvalue weighted by molar-refractivity contribution is 14.1. The molecule has 31 heteroatoms. The fourth-order valence-corrected chi connectivity index (χ4v) is 18.5. The normalized spacial score (nSPS) is 11.1. The number of nitrogen functional groups attached to an aromatic ring is 4. The first-order chi connectivity index (χ1) is 66.6. The Hall–Kier alpha value is -14.4. The van der Waals surface area contributed by atoms with Crippen molar-refractivity contribution in [1.82, 2.24) is 0 Å². The van der Waals surface area contributed by atoms with Crippen LogP contribution in [-0.2, 0) is 77.0 Å². The molecule has 714 valence electrons. The molecule has 0 aliphatic heterocycles. The second-order valence-electron chi connectivity index (χ2n) is 32.8. The van der Waals surface area contributed by atoms with E-state index >= 15 is 0 Å². The number of phenolic OH excluding ortho intramolecular Hbond substituents is 8. The summed E-state index contributed by atoms with van der Waals surface area (Å²) in [5.74, 6) is -2.61. The predicted octanol–water partition coefficient (Wildman–Crippen LogP) is 23.1. The van der Waals surface area contributed by atoms with Crippen LogP contribution in [0, 0.1) is 7.14 Å². The van der Waals surface area contributed by atoms with Gasteiger partial charge in [0.2, 0.25) is 0 Å². The second kappa shape index (κ2) is 46.2. The van der Waals surface area contributed by atoms with Crippen LogP contribution in [0.5, 0.6) is 63.2 Å². The van der Waals surface area contributed by atoms with E-state index in [4.69, 9.17) is 54.8 Å². The molecule has 139 heavy (non-hydrogen) atoms. The number of aromatic hydroxyl groups is 8. The summed E-state index contributed by atoms with van der Waals surface area (Å²) in [5, 5.41) is 84.1. The maximum atomic E-state index is 13.6. The zero-order valence-corrected chi connectivity index (χ0v) is 83.1. The maximum absolute atomic E-state index is 13.6. The van der Waals surface area contributed by atoms with Crippen molar-refractivity contribution in [3.8, 4) is 63.2 Å². The molecule has 4 aromatic heterocycles. The number of carbonyl (C=O) groups excluding carboxylic acids is 8. The lowest BCUT2D eigenvalue weighted by atomic mass is 9.96. The van der Waals surface area contributed by atoms with Gasteiger partial charge < -0.3 is 95.7 Å². The molecule has 0 atom stereocenters. The van der Waals surface area contributed by atoms with Gasteiger partial charge in [0.1, 0.15) is 68.4 Å². The third kappa shape index (κ3) is 24.6. The number of hydrogen-bond acceptors (Lipinski definition) is 27. The molecule has 27 nitrogen and oxygen atoms in total. The number of ether oxygens (including phenoxy) is 3. The van der Waals surface area contributed by atoms with Gasteiger partial charge in [-0.3, -0.25) is 38.4 Å². The number of rotatable bonds is 32. The van der Waals surface area contributed by atoms with Gasteiger partial charge in [-0.2, -0.15) is 0 Å². The lowest BCUT2D eigenvalue weighted by Gasteiger charge is -2.08. The summed E-state index contributed by atoms with van der Waals surface area (Å²) in [4.78, 5) is 104. The van der Waals surface area contributed by atoms with E-state index in [-0.39, 0.29) is 158 Å². The van der Waals surface area contributed by atoms with Gasteiger partial charge in [0.15, 0.2) is 69.1 Å². The Bertz CT molecular complexity index is 6750. The first-order valence-electron chi connectivity index (χ1n) is 44.3. The average molecular weight is 2230 g/mol. The topological polar surface area (TPSA) is 483 Å². The van der Waals surface area contributed by atoms with E-state index in [0.717, 1.165) is 67.2 Å². The van der Waals surface area contributed by atoms with Crippen molar-refractivity contribution in [2.75, 3.05) is 22.9 Å². The Kier molecular flexibility index (Phi) is 33.9. The van der Waals surface area contributed by atoms with Crippen LogP contribution in [0.2, 0.25) is 0 Å². The average Bonchev–Trinajstić information content (AvgIpc) is 1.63. The smallest absolute Gasteiger partial charge is 0.315 e. The number of carbonyl (C=O) groups is 8. The molecule has 0 bridgehead atoms. The molecular formula is C108H96Br2I2N4O23. The first kappa shape index (κ1) is 102. The minimum absolute atomic E-state index is 0.00439. The number of esters is 3. The van der Waals surface area contributed by atoms with Crippen LogP contribution < -0.4 is 37.1 Å². The molecule has 0 aliphatic carbocycles. The van der Waals surface area contributed by atoms with Crippen LogP contribution in [0.4, 0.5) is 22.7 Å². The molecule has 4 heterocycles. The second-order valence-corrected chi connectivity index (χ2v) is 36.8. The molecule has 0 radical (unpaired) electrons. The van der Waals surface area contributed by atoms with Gasteiger partial charge in [0.25, 0.3) is 0 Å². The van der Waals surface area contributed by atoms with Gasteiger partial charge in [-0.05, 0) is 204 Å². The van der Waals surface area contributed by atoms with E-state index in [1.165, 1.54) is 78.9 Å². The summed E-state index contributed by atoms with van der Waals surface area (Å²) in [7, 11) is 0. The number of ketones is 5. The third-order valence-corrected chi connectivity index (χ3v) is 25.3. The summed E-state index contributed by atoms with van der Waals surface area (Å²) in [6.07, 6.45) is 8.28. The number of Topliss-reactive ketones (excluding diaryl/α,β-unsaturated/α-hetero) is 1. The molecule has 16 rings (SSSR count). The highest BCUT2D eigenvalue weighted by Crippen LogP contribution is 2.45. The molecule has 0 saturated heterocycles. The number of benzene rings is 12. The number of unbranched alkanes of at least 4 members (excludes halogenated alkanes) is 3.